The van der Waals surface area contributed by atoms with Crippen LogP contribution >= 0.6 is 0 Å². The highest BCUT2D eigenvalue weighted by molar-refractivity contribution is 5.60. The first-order valence-electron chi connectivity index (χ1n) is 6.51. The second-order valence-electron chi connectivity index (χ2n) is 4.74. The normalized spacial score (nSPS) is 17.5. The molecule has 0 N–H and O–H groups in total. The summed E-state index contributed by atoms with van der Waals surface area (Å²) in [5, 5.41) is 0. The predicted octanol–water partition coefficient (Wildman–Crippen LogP) is 3.85. The summed E-state index contributed by atoms with van der Waals surface area (Å²) in [5.41, 5.74) is 1.25. The van der Waals surface area contributed by atoms with E-state index < -0.39 is 0 Å². The first-order chi connectivity index (χ1) is 8.38. The molecule has 2 rings (SSSR count). The van der Waals surface area contributed by atoms with Gasteiger partial charge in [0.2, 0.25) is 0 Å². The number of rotatable bonds is 4. The molecule has 1 aliphatic rings. The molecule has 17 heavy (non-hydrogen) atoms. The van der Waals surface area contributed by atoms with Crippen LogP contribution in [0.2, 0.25) is 0 Å². The van der Waals surface area contributed by atoms with Gasteiger partial charge in [-0.3, -0.25) is 4.99 Å². The van der Waals surface area contributed by atoms with Crippen LogP contribution in [0.25, 0.3) is 0 Å². The van der Waals surface area contributed by atoms with Crippen LogP contribution in [0.3, 0.4) is 0 Å². The molecule has 1 aromatic rings. The highest BCUT2D eigenvalue weighted by atomic mass is 16.5. The molecular weight excluding hydrogens is 210 g/mol. The Morgan fingerprint density at radius 2 is 1.88 bits per heavy atom. The maximum atomic E-state index is 5.13. The van der Waals surface area contributed by atoms with Crippen LogP contribution in [0.1, 0.15) is 37.7 Å². The highest BCUT2D eigenvalue weighted by Gasteiger charge is 2.10. The largest absolute Gasteiger partial charge is 0.497 e. The van der Waals surface area contributed by atoms with E-state index >= 15 is 0 Å². The average molecular weight is 231 g/mol. The van der Waals surface area contributed by atoms with Crippen molar-refractivity contribution < 1.29 is 4.74 Å². The van der Waals surface area contributed by atoms with Crippen molar-refractivity contribution in [2.24, 2.45) is 10.9 Å². The molecular formula is C15H21NO. The number of benzene rings is 1. The lowest BCUT2D eigenvalue weighted by Crippen LogP contribution is -2.07. The molecule has 0 aliphatic heterocycles. The third kappa shape index (κ3) is 3.88. The maximum absolute atomic E-state index is 5.13. The number of aliphatic imine (C=N–C) groups is 1. The summed E-state index contributed by atoms with van der Waals surface area (Å²) in [6.07, 6.45) is 8.98. The number of hydrogen-bond donors (Lipinski definition) is 0. The van der Waals surface area contributed by atoms with E-state index in [2.05, 4.69) is 23.3 Å². The number of ether oxygens (including phenoxy) is 1. The smallest absolute Gasteiger partial charge is 0.118 e. The van der Waals surface area contributed by atoms with Crippen LogP contribution in [0.5, 0.6) is 5.75 Å². The summed E-state index contributed by atoms with van der Waals surface area (Å²) in [5.74, 6) is 1.63. The van der Waals surface area contributed by atoms with Crippen molar-refractivity contribution in [3.8, 4) is 5.75 Å². The molecule has 0 amide bonds. The second-order valence-corrected chi connectivity index (χ2v) is 4.74. The molecule has 0 bridgehead atoms. The lowest BCUT2D eigenvalue weighted by Gasteiger charge is -2.16. The minimum Gasteiger partial charge on any atom is -0.497 e. The Hall–Kier alpha value is -1.31. The summed E-state index contributed by atoms with van der Waals surface area (Å²) in [6.45, 7) is 0.792. The number of methoxy groups -OCH3 is 1. The van der Waals surface area contributed by atoms with Crippen molar-refractivity contribution in [3.63, 3.8) is 0 Å². The van der Waals surface area contributed by atoms with Crippen molar-refractivity contribution in [3.05, 3.63) is 29.8 Å². The van der Waals surface area contributed by atoms with E-state index in [4.69, 9.17) is 4.74 Å². The lowest BCUT2D eigenvalue weighted by molar-refractivity contribution is 0.414. The molecule has 0 aromatic heterocycles. The van der Waals surface area contributed by atoms with Gasteiger partial charge in [0.15, 0.2) is 0 Å². The fourth-order valence-electron chi connectivity index (χ4n) is 2.32. The summed E-state index contributed by atoms with van der Waals surface area (Å²) in [6, 6.07) is 8.14. The van der Waals surface area contributed by atoms with E-state index in [1.165, 1.54) is 37.7 Å². The Morgan fingerprint density at radius 3 is 2.53 bits per heavy atom. The lowest BCUT2D eigenvalue weighted by atomic mass is 9.90. The zero-order valence-corrected chi connectivity index (χ0v) is 10.6. The van der Waals surface area contributed by atoms with Crippen molar-refractivity contribution in [2.75, 3.05) is 7.11 Å². The fourth-order valence-corrected chi connectivity index (χ4v) is 2.32. The van der Waals surface area contributed by atoms with E-state index in [1.807, 2.05) is 12.1 Å². The van der Waals surface area contributed by atoms with Gasteiger partial charge < -0.3 is 4.74 Å². The van der Waals surface area contributed by atoms with E-state index in [9.17, 15) is 0 Å². The summed E-state index contributed by atoms with van der Waals surface area (Å²) < 4.78 is 5.13. The molecule has 92 valence electrons. The average Bonchev–Trinajstić information content (AvgIpc) is 2.41. The van der Waals surface area contributed by atoms with E-state index in [0.717, 1.165) is 18.2 Å². The minimum atomic E-state index is 0.724. The topological polar surface area (TPSA) is 21.6 Å². The number of hydrogen-bond acceptors (Lipinski definition) is 2. The van der Waals surface area contributed by atoms with Gasteiger partial charge in [-0.1, -0.05) is 31.4 Å². The van der Waals surface area contributed by atoms with E-state index in [1.54, 1.807) is 7.11 Å². The molecule has 2 nitrogen and oxygen atoms in total. The van der Waals surface area contributed by atoms with Gasteiger partial charge in [-0.2, -0.15) is 0 Å². The quantitative estimate of drug-likeness (QED) is 0.721. The van der Waals surface area contributed by atoms with Crippen molar-refractivity contribution >= 4 is 6.21 Å². The predicted molar refractivity (Wildman–Crippen MR) is 71.8 cm³/mol. The van der Waals surface area contributed by atoms with Gasteiger partial charge in [-0.15, -0.1) is 0 Å². The first-order valence-corrected chi connectivity index (χ1v) is 6.51. The Balaban J connectivity index is 1.81. The molecule has 0 saturated heterocycles. The van der Waals surface area contributed by atoms with Gasteiger partial charge in [0.1, 0.15) is 5.75 Å². The molecule has 0 spiro atoms. The van der Waals surface area contributed by atoms with Gasteiger partial charge in [-0.25, -0.2) is 0 Å². The van der Waals surface area contributed by atoms with Gasteiger partial charge in [0.05, 0.1) is 13.7 Å². The van der Waals surface area contributed by atoms with Gasteiger partial charge >= 0.3 is 0 Å². The molecule has 0 heterocycles. The van der Waals surface area contributed by atoms with Crippen LogP contribution in [-0.4, -0.2) is 13.3 Å². The third-order valence-corrected chi connectivity index (χ3v) is 3.40. The Morgan fingerprint density at radius 1 is 1.18 bits per heavy atom. The molecule has 1 aromatic carbocycles. The molecule has 1 fully saturated rings. The minimum absolute atomic E-state index is 0.724. The maximum Gasteiger partial charge on any atom is 0.118 e. The Kier molecular flexibility index (Phi) is 4.60. The molecule has 0 atom stereocenters. The van der Waals surface area contributed by atoms with Gasteiger partial charge in [0, 0.05) is 6.21 Å². The van der Waals surface area contributed by atoms with Crippen molar-refractivity contribution in [1.29, 1.82) is 0 Å². The highest BCUT2D eigenvalue weighted by Crippen LogP contribution is 2.22. The molecule has 1 aliphatic carbocycles. The van der Waals surface area contributed by atoms with Crippen molar-refractivity contribution in [1.82, 2.24) is 0 Å². The van der Waals surface area contributed by atoms with Gasteiger partial charge in [-0.05, 0) is 36.5 Å². The monoisotopic (exact) mass is 231 g/mol. The summed E-state index contributed by atoms with van der Waals surface area (Å²) in [4.78, 5) is 4.55. The first kappa shape index (κ1) is 12.2. The fraction of sp³-hybridized carbons (Fsp3) is 0.533. The van der Waals surface area contributed by atoms with Crippen molar-refractivity contribution in [2.45, 2.75) is 38.6 Å². The van der Waals surface area contributed by atoms with Gasteiger partial charge in [0.25, 0.3) is 0 Å². The van der Waals surface area contributed by atoms with Crippen LogP contribution in [-0.2, 0) is 6.54 Å². The standard InChI is InChI=1S/C15H21NO/c1-17-15-9-7-14(8-10-15)12-16-11-13-5-3-2-4-6-13/h7-11,13H,2-6,12H2,1H3. The van der Waals surface area contributed by atoms with Crippen LogP contribution in [0.15, 0.2) is 29.3 Å². The summed E-state index contributed by atoms with van der Waals surface area (Å²) >= 11 is 0. The molecule has 2 heteroatoms. The van der Waals surface area contributed by atoms with E-state index in [-0.39, 0.29) is 0 Å². The van der Waals surface area contributed by atoms with Crippen LogP contribution in [0, 0.1) is 5.92 Å². The second kappa shape index (κ2) is 6.43. The van der Waals surface area contributed by atoms with E-state index in [0.29, 0.717) is 0 Å². The molecule has 0 radical (unpaired) electrons. The summed E-state index contributed by atoms with van der Waals surface area (Å²) in [7, 11) is 1.69. The Labute approximate surface area is 104 Å². The zero-order chi connectivity index (χ0) is 11.9. The Bertz CT molecular complexity index is 350. The molecule has 1 saturated carbocycles. The molecule has 0 unspecified atom stereocenters. The van der Waals surface area contributed by atoms with Crippen LogP contribution < -0.4 is 4.74 Å². The number of nitrogens with zero attached hydrogens (tertiary/aromatic N) is 1. The third-order valence-electron chi connectivity index (χ3n) is 3.40. The SMILES string of the molecule is COc1ccc(CN=CC2CCCCC2)cc1. The van der Waals surface area contributed by atoms with Crippen LogP contribution in [0.4, 0.5) is 0 Å². The zero-order valence-electron chi connectivity index (χ0n) is 10.6.